The van der Waals surface area contributed by atoms with Crippen LogP contribution in [0.2, 0.25) is 0 Å². The van der Waals surface area contributed by atoms with E-state index in [-0.39, 0.29) is 5.78 Å². The number of ketones is 1. The number of ether oxygens (including phenoxy) is 4. The number of methoxy groups -OCH3 is 1. The Labute approximate surface area is 166 Å². The van der Waals surface area contributed by atoms with Gasteiger partial charge in [-0.2, -0.15) is 0 Å². The largest absolute Gasteiger partial charge is 0.492 e. The first-order valence-electron chi connectivity index (χ1n) is 8.46. The number of nitrogens with two attached hydrogens (primary N) is 1. The van der Waals surface area contributed by atoms with E-state index >= 15 is 0 Å². The molecule has 0 bridgehead atoms. The van der Waals surface area contributed by atoms with E-state index in [2.05, 4.69) is 15.9 Å². The Morgan fingerprint density at radius 3 is 2.78 bits per heavy atom. The molecule has 142 valence electrons. The van der Waals surface area contributed by atoms with Gasteiger partial charge in [0, 0.05) is 11.1 Å². The Morgan fingerprint density at radius 2 is 2.04 bits per heavy atom. The molecule has 2 N–H and O–H groups in total. The number of hydrogen-bond donors (Lipinski definition) is 1. The highest BCUT2D eigenvalue weighted by atomic mass is 79.9. The summed E-state index contributed by atoms with van der Waals surface area (Å²) < 4.78 is 22.5. The maximum absolute atomic E-state index is 12.8. The molecule has 3 rings (SSSR count). The number of allylic oxidation sites excluding steroid dienone is 1. The van der Waals surface area contributed by atoms with Crippen LogP contribution in [0.4, 0.5) is 5.69 Å². The molecule has 0 amide bonds. The van der Waals surface area contributed by atoms with Gasteiger partial charge < -0.3 is 24.7 Å². The lowest BCUT2D eigenvalue weighted by Gasteiger charge is -2.21. The number of benzene rings is 2. The number of Topliss-reactive ketones (excluding diaryl/α,β-unsaturated/α-hetero) is 1. The van der Waals surface area contributed by atoms with Crippen molar-refractivity contribution in [1.82, 2.24) is 0 Å². The van der Waals surface area contributed by atoms with Gasteiger partial charge in [0.2, 0.25) is 5.75 Å². The van der Waals surface area contributed by atoms with Gasteiger partial charge in [-0.3, -0.25) is 4.79 Å². The molecule has 0 spiro atoms. The van der Waals surface area contributed by atoms with Crippen LogP contribution in [0.1, 0.15) is 22.8 Å². The molecule has 0 atom stereocenters. The summed E-state index contributed by atoms with van der Waals surface area (Å²) in [7, 11) is 1.55. The fourth-order valence-corrected chi connectivity index (χ4v) is 3.20. The zero-order valence-electron chi connectivity index (χ0n) is 15.1. The second-order valence-corrected chi connectivity index (χ2v) is 6.57. The van der Waals surface area contributed by atoms with Gasteiger partial charge in [-0.1, -0.05) is 0 Å². The fourth-order valence-electron chi connectivity index (χ4n) is 2.73. The maximum Gasteiger partial charge on any atom is 0.204 e. The smallest absolute Gasteiger partial charge is 0.204 e. The maximum atomic E-state index is 12.8. The van der Waals surface area contributed by atoms with Crippen molar-refractivity contribution >= 4 is 33.5 Å². The second kappa shape index (κ2) is 8.35. The number of rotatable bonds is 6. The Kier molecular flexibility index (Phi) is 5.91. The highest BCUT2D eigenvalue weighted by molar-refractivity contribution is 9.12. The molecule has 0 radical (unpaired) electrons. The van der Waals surface area contributed by atoms with E-state index in [1.165, 1.54) is 0 Å². The van der Waals surface area contributed by atoms with Crippen molar-refractivity contribution in [2.45, 2.75) is 6.92 Å². The van der Waals surface area contributed by atoms with E-state index in [9.17, 15) is 4.79 Å². The number of hydrogen-bond acceptors (Lipinski definition) is 6. The number of carbonyl (C=O) groups excluding carboxylic acids is 1. The van der Waals surface area contributed by atoms with Crippen LogP contribution in [0.15, 0.2) is 34.8 Å². The van der Waals surface area contributed by atoms with Crippen LogP contribution in [0.3, 0.4) is 0 Å². The zero-order chi connectivity index (χ0) is 19.4. The predicted molar refractivity (Wildman–Crippen MR) is 107 cm³/mol. The SMILES string of the molecule is CCOc1cc(C(=O)C(Br)=Cc2ccc3c(c2OC)OCCO3)ccc1N. The van der Waals surface area contributed by atoms with Crippen molar-refractivity contribution in [1.29, 1.82) is 0 Å². The molecule has 1 heterocycles. The van der Waals surface area contributed by atoms with Crippen LogP contribution < -0.4 is 24.7 Å². The third kappa shape index (κ3) is 4.03. The van der Waals surface area contributed by atoms with E-state index in [4.69, 9.17) is 24.7 Å². The minimum Gasteiger partial charge on any atom is -0.492 e. The minimum atomic E-state index is -0.201. The fraction of sp³-hybridized carbons (Fsp3) is 0.250. The van der Waals surface area contributed by atoms with Gasteiger partial charge in [-0.25, -0.2) is 0 Å². The van der Waals surface area contributed by atoms with Gasteiger partial charge in [0.05, 0.1) is 23.9 Å². The average molecular weight is 434 g/mol. The summed E-state index contributed by atoms with van der Waals surface area (Å²) in [5.74, 6) is 1.96. The summed E-state index contributed by atoms with van der Waals surface area (Å²) in [5, 5.41) is 0. The molecule has 6 nitrogen and oxygen atoms in total. The van der Waals surface area contributed by atoms with E-state index in [1.807, 2.05) is 13.0 Å². The van der Waals surface area contributed by atoms with Crippen LogP contribution in [0, 0.1) is 0 Å². The first-order chi connectivity index (χ1) is 13.0. The van der Waals surface area contributed by atoms with Crippen molar-refractivity contribution in [3.8, 4) is 23.0 Å². The Hall–Kier alpha value is -2.67. The number of carbonyl (C=O) groups is 1. The molecule has 2 aromatic carbocycles. The summed E-state index contributed by atoms with van der Waals surface area (Å²) in [5.41, 5.74) is 7.52. The average Bonchev–Trinajstić information content (AvgIpc) is 2.69. The molecule has 0 unspecified atom stereocenters. The van der Waals surface area contributed by atoms with E-state index in [0.717, 1.165) is 0 Å². The summed E-state index contributed by atoms with van der Waals surface area (Å²) in [6, 6.07) is 8.57. The minimum absolute atomic E-state index is 0.201. The summed E-state index contributed by atoms with van der Waals surface area (Å²) in [6.45, 7) is 3.26. The van der Waals surface area contributed by atoms with E-state index in [0.29, 0.717) is 64.1 Å². The third-order valence-electron chi connectivity index (χ3n) is 3.97. The van der Waals surface area contributed by atoms with E-state index < -0.39 is 0 Å². The standard InChI is InChI=1S/C20H20BrNO5/c1-3-25-17-11-12(4-6-15(17)22)18(23)14(21)10-13-5-7-16-20(19(13)24-2)27-9-8-26-16/h4-7,10-11H,3,8-9,22H2,1-2H3. The molecule has 0 aliphatic carbocycles. The van der Waals surface area contributed by atoms with Gasteiger partial charge in [-0.05, 0) is 59.3 Å². The molecule has 0 fully saturated rings. The quantitative estimate of drug-likeness (QED) is 0.420. The Balaban J connectivity index is 1.93. The number of anilines is 1. The monoisotopic (exact) mass is 433 g/mol. The third-order valence-corrected chi connectivity index (χ3v) is 4.56. The lowest BCUT2D eigenvalue weighted by molar-refractivity contribution is 0.104. The molecule has 1 aliphatic rings. The van der Waals surface area contributed by atoms with Gasteiger partial charge in [-0.15, -0.1) is 0 Å². The second-order valence-electron chi connectivity index (χ2n) is 5.72. The molecular formula is C20H20BrNO5. The van der Waals surface area contributed by atoms with Crippen LogP contribution in [0.25, 0.3) is 6.08 Å². The van der Waals surface area contributed by atoms with Gasteiger partial charge in [0.25, 0.3) is 0 Å². The van der Waals surface area contributed by atoms with Crippen molar-refractivity contribution in [2.24, 2.45) is 0 Å². The number of fused-ring (bicyclic) bond motifs is 1. The van der Waals surface area contributed by atoms with Gasteiger partial charge in [0.15, 0.2) is 17.3 Å². The Morgan fingerprint density at radius 1 is 1.26 bits per heavy atom. The molecule has 2 aromatic rings. The summed E-state index contributed by atoms with van der Waals surface area (Å²) in [4.78, 5) is 12.8. The molecule has 1 aliphatic heterocycles. The van der Waals surface area contributed by atoms with Crippen molar-refractivity contribution in [3.05, 3.63) is 45.9 Å². The molecule has 0 aromatic heterocycles. The highest BCUT2D eigenvalue weighted by Gasteiger charge is 2.20. The number of halogens is 1. The molecular weight excluding hydrogens is 414 g/mol. The van der Waals surface area contributed by atoms with Gasteiger partial charge in [0.1, 0.15) is 19.0 Å². The topological polar surface area (TPSA) is 80.0 Å². The molecule has 0 saturated heterocycles. The first kappa shape index (κ1) is 19.1. The van der Waals surface area contributed by atoms with Crippen molar-refractivity contribution < 1.29 is 23.7 Å². The van der Waals surface area contributed by atoms with Crippen LogP contribution in [-0.2, 0) is 0 Å². The van der Waals surface area contributed by atoms with E-state index in [1.54, 1.807) is 37.5 Å². The predicted octanol–water partition coefficient (Wildman–Crippen LogP) is 4.07. The number of nitrogen functional groups attached to an aromatic ring is 1. The summed E-state index contributed by atoms with van der Waals surface area (Å²) >= 11 is 3.37. The van der Waals surface area contributed by atoms with Crippen molar-refractivity contribution in [3.63, 3.8) is 0 Å². The normalized spacial score (nSPS) is 13.2. The highest BCUT2D eigenvalue weighted by Crippen LogP contribution is 2.42. The molecule has 0 saturated carbocycles. The lowest BCUT2D eigenvalue weighted by Crippen LogP contribution is -2.16. The first-order valence-corrected chi connectivity index (χ1v) is 9.25. The lowest BCUT2D eigenvalue weighted by atomic mass is 10.1. The molecule has 27 heavy (non-hydrogen) atoms. The van der Waals surface area contributed by atoms with Gasteiger partial charge >= 0.3 is 0 Å². The van der Waals surface area contributed by atoms with Crippen LogP contribution >= 0.6 is 15.9 Å². The van der Waals surface area contributed by atoms with Crippen LogP contribution in [0.5, 0.6) is 23.0 Å². The van der Waals surface area contributed by atoms with Crippen LogP contribution in [-0.4, -0.2) is 32.7 Å². The summed E-state index contributed by atoms with van der Waals surface area (Å²) in [6.07, 6.45) is 1.69. The Bertz CT molecular complexity index is 894. The zero-order valence-corrected chi connectivity index (χ0v) is 16.7. The molecule has 7 heteroatoms. The van der Waals surface area contributed by atoms with Crippen molar-refractivity contribution in [2.75, 3.05) is 32.7 Å².